The largest absolute Gasteiger partial charge is 0.493 e. The Hall–Kier alpha value is -4.18. The standard InChI is InChI=1S/C25H20FN5O3S/c1-32-20-13-10-17(14-21(20)33-2)23-27-22(34-30-23)15-35-25-29-28-24(16-8-11-18(26)12-9-16)31(25)19-6-4-3-5-7-19/h3-14H,15H2,1-2H3. The fourth-order valence-corrected chi connectivity index (χ4v) is 4.28. The number of thioether (sulfide) groups is 1. The maximum Gasteiger partial charge on any atom is 0.237 e. The van der Waals surface area contributed by atoms with Crippen molar-refractivity contribution in [1.82, 2.24) is 24.9 Å². The predicted octanol–water partition coefficient (Wildman–Crippen LogP) is 5.43. The van der Waals surface area contributed by atoms with Gasteiger partial charge < -0.3 is 14.0 Å². The molecular weight excluding hydrogens is 469 g/mol. The first-order valence-corrected chi connectivity index (χ1v) is 11.6. The molecule has 10 heteroatoms. The first-order valence-electron chi connectivity index (χ1n) is 10.6. The molecule has 0 aliphatic heterocycles. The Balaban J connectivity index is 1.41. The molecule has 0 amide bonds. The minimum atomic E-state index is -0.309. The number of hydrogen-bond donors (Lipinski definition) is 0. The van der Waals surface area contributed by atoms with Crippen LogP contribution in [0.2, 0.25) is 0 Å². The van der Waals surface area contributed by atoms with E-state index < -0.39 is 0 Å². The van der Waals surface area contributed by atoms with E-state index in [1.165, 1.54) is 23.9 Å². The Kier molecular flexibility index (Phi) is 6.44. The number of para-hydroxylation sites is 1. The molecule has 0 radical (unpaired) electrons. The lowest BCUT2D eigenvalue weighted by molar-refractivity contribution is 0.355. The van der Waals surface area contributed by atoms with Gasteiger partial charge in [-0.2, -0.15) is 4.98 Å². The molecule has 0 saturated carbocycles. The molecule has 3 aromatic carbocycles. The average Bonchev–Trinajstić information content (AvgIpc) is 3.55. The van der Waals surface area contributed by atoms with Gasteiger partial charge in [0.2, 0.25) is 11.7 Å². The Labute approximate surface area is 204 Å². The smallest absolute Gasteiger partial charge is 0.237 e. The number of methoxy groups -OCH3 is 2. The number of nitrogens with zero attached hydrogens (tertiary/aromatic N) is 5. The van der Waals surface area contributed by atoms with Crippen LogP contribution in [0.5, 0.6) is 11.5 Å². The van der Waals surface area contributed by atoms with Crippen molar-refractivity contribution in [3.8, 4) is 40.0 Å². The van der Waals surface area contributed by atoms with Crippen molar-refractivity contribution in [2.45, 2.75) is 10.9 Å². The summed E-state index contributed by atoms with van der Waals surface area (Å²) >= 11 is 1.41. The van der Waals surface area contributed by atoms with E-state index in [-0.39, 0.29) is 5.82 Å². The van der Waals surface area contributed by atoms with Crippen LogP contribution in [0.1, 0.15) is 5.89 Å². The van der Waals surface area contributed by atoms with Gasteiger partial charge in [-0.15, -0.1) is 10.2 Å². The summed E-state index contributed by atoms with van der Waals surface area (Å²) in [5.41, 5.74) is 2.38. The molecule has 0 atom stereocenters. The normalized spacial score (nSPS) is 10.9. The number of ether oxygens (including phenoxy) is 2. The highest BCUT2D eigenvalue weighted by molar-refractivity contribution is 7.98. The summed E-state index contributed by atoms with van der Waals surface area (Å²) in [6.07, 6.45) is 0. The van der Waals surface area contributed by atoms with Crippen LogP contribution in [0, 0.1) is 5.82 Å². The summed E-state index contributed by atoms with van der Waals surface area (Å²) in [5, 5.41) is 13.5. The third kappa shape index (κ3) is 4.73. The van der Waals surface area contributed by atoms with E-state index >= 15 is 0 Å². The van der Waals surface area contributed by atoms with Crippen molar-refractivity contribution in [2.75, 3.05) is 14.2 Å². The van der Waals surface area contributed by atoms with Gasteiger partial charge in [-0.25, -0.2) is 4.39 Å². The molecule has 0 unspecified atom stereocenters. The van der Waals surface area contributed by atoms with Gasteiger partial charge in [0.1, 0.15) is 5.82 Å². The molecule has 0 spiro atoms. The van der Waals surface area contributed by atoms with E-state index in [1.807, 2.05) is 41.0 Å². The van der Waals surface area contributed by atoms with Crippen molar-refractivity contribution in [3.05, 3.63) is 84.5 Å². The van der Waals surface area contributed by atoms with E-state index in [0.29, 0.717) is 39.9 Å². The van der Waals surface area contributed by atoms with Crippen molar-refractivity contribution >= 4 is 11.8 Å². The number of halogens is 1. The highest BCUT2D eigenvalue weighted by Crippen LogP contribution is 2.32. The highest BCUT2D eigenvalue weighted by atomic mass is 32.2. The first-order chi connectivity index (χ1) is 17.2. The number of rotatable bonds is 8. The van der Waals surface area contributed by atoms with Crippen LogP contribution in [0.15, 0.2) is 82.5 Å². The van der Waals surface area contributed by atoms with Crippen LogP contribution >= 0.6 is 11.8 Å². The monoisotopic (exact) mass is 489 g/mol. The molecular formula is C25H20FN5O3S. The van der Waals surface area contributed by atoms with Crippen molar-refractivity contribution in [2.24, 2.45) is 0 Å². The maximum atomic E-state index is 13.5. The predicted molar refractivity (Wildman–Crippen MR) is 129 cm³/mol. The van der Waals surface area contributed by atoms with Crippen LogP contribution in [-0.4, -0.2) is 39.1 Å². The summed E-state index contributed by atoms with van der Waals surface area (Å²) in [7, 11) is 3.15. The third-order valence-electron chi connectivity index (χ3n) is 5.18. The van der Waals surface area contributed by atoms with Gasteiger partial charge in [0.25, 0.3) is 0 Å². The molecule has 0 aliphatic rings. The quantitative estimate of drug-likeness (QED) is 0.267. The Morgan fingerprint density at radius 2 is 1.63 bits per heavy atom. The van der Waals surface area contributed by atoms with Gasteiger partial charge in [0.05, 0.1) is 20.0 Å². The van der Waals surface area contributed by atoms with Gasteiger partial charge >= 0.3 is 0 Å². The second-order valence-corrected chi connectivity index (χ2v) is 8.30. The Morgan fingerprint density at radius 1 is 0.886 bits per heavy atom. The maximum absolute atomic E-state index is 13.5. The van der Waals surface area contributed by atoms with Crippen LogP contribution in [0.25, 0.3) is 28.5 Å². The Morgan fingerprint density at radius 3 is 2.37 bits per heavy atom. The van der Waals surface area contributed by atoms with E-state index in [1.54, 1.807) is 38.5 Å². The molecule has 0 fully saturated rings. The molecule has 5 aromatic rings. The SMILES string of the molecule is COc1ccc(-c2noc(CSc3nnc(-c4ccc(F)cc4)n3-c3ccccc3)n2)cc1OC. The van der Waals surface area contributed by atoms with Crippen molar-refractivity contribution in [1.29, 1.82) is 0 Å². The molecule has 35 heavy (non-hydrogen) atoms. The van der Waals surface area contributed by atoms with Crippen molar-refractivity contribution in [3.63, 3.8) is 0 Å². The third-order valence-corrected chi connectivity index (χ3v) is 6.10. The summed E-state index contributed by atoms with van der Waals surface area (Å²) in [6.45, 7) is 0. The average molecular weight is 490 g/mol. The topological polar surface area (TPSA) is 88.1 Å². The summed E-state index contributed by atoms with van der Waals surface area (Å²) in [4.78, 5) is 4.51. The van der Waals surface area contributed by atoms with Gasteiger partial charge in [-0.3, -0.25) is 4.57 Å². The van der Waals surface area contributed by atoms with E-state index in [0.717, 1.165) is 16.8 Å². The minimum absolute atomic E-state index is 0.309. The van der Waals surface area contributed by atoms with Crippen LogP contribution in [-0.2, 0) is 5.75 Å². The highest BCUT2D eigenvalue weighted by Gasteiger charge is 2.18. The summed E-state index contributed by atoms with van der Waals surface area (Å²) in [6, 6.07) is 21.3. The van der Waals surface area contributed by atoms with Crippen LogP contribution in [0.3, 0.4) is 0 Å². The van der Waals surface area contributed by atoms with E-state index in [9.17, 15) is 4.39 Å². The van der Waals surface area contributed by atoms with E-state index in [4.69, 9.17) is 14.0 Å². The number of aromatic nitrogens is 5. The zero-order valence-corrected chi connectivity index (χ0v) is 19.7. The molecule has 2 aromatic heterocycles. The van der Waals surface area contributed by atoms with E-state index in [2.05, 4.69) is 20.3 Å². The lowest BCUT2D eigenvalue weighted by Gasteiger charge is -2.09. The number of benzene rings is 3. The van der Waals surface area contributed by atoms with Crippen LogP contribution in [0.4, 0.5) is 4.39 Å². The van der Waals surface area contributed by atoms with Gasteiger partial charge in [0, 0.05) is 16.8 Å². The second kappa shape index (κ2) is 9.98. The molecule has 0 bridgehead atoms. The second-order valence-electron chi connectivity index (χ2n) is 7.35. The molecule has 176 valence electrons. The molecule has 2 heterocycles. The Bertz CT molecular complexity index is 1440. The first kappa shape index (κ1) is 22.6. The molecule has 5 rings (SSSR count). The fourth-order valence-electron chi connectivity index (χ4n) is 3.49. The zero-order chi connectivity index (χ0) is 24.2. The molecule has 8 nitrogen and oxygen atoms in total. The zero-order valence-electron chi connectivity index (χ0n) is 18.9. The number of hydrogen-bond acceptors (Lipinski definition) is 8. The van der Waals surface area contributed by atoms with Gasteiger partial charge in [-0.05, 0) is 54.6 Å². The molecule has 0 saturated heterocycles. The van der Waals surface area contributed by atoms with Gasteiger partial charge in [-0.1, -0.05) is 35.1 Å². The lowest BCUT2D eigenvalue weighted by Crippen LogP contribution is -1.99. The van der Waals surface area contributed by atoms with Gasteiger partial charge in [0.15, 0.2) is 22.5 Å². The molecule has 0 aliphatic carbocycles. The van der Waals surface area contributed by atoms with Crippen LogP contribution < -0.4 is 9.47 Å². The summed E-state index contributed by atoms with van der Waals surface area (Å²) in [5.74, 6) is 2.76. The lowest BCUT2D eigenvalue weighted by atomic mass is 10.2. The van der Waals surface area contributed by atoms with Crippen molar-refractivity contribution < 1.29 is 18.4 Å². The summed E-state index contributed by atoms with van der Waals surface area (Å²) < 4.78 is 31.5. The minimum Gasteiger partial charge on any atom is -0.493 e. The molecule has 0 N–H and O–H groups in total. The fraction of sp³-hybridized carbons (Fsp3) is 0.120.